The van der Waals surface area contributed by atoms with Gasteiger partial charge in [0, 0.05) is 38.4 Å². The van der Waals surface area contributed by atoms with Gasteiger partial charge in [-0.05, 0) is 72.2 Å². The second-order valence-corrected chi connectivity index (χ2v) is 12.9. The van der Waals surface area contributed by atoms with Crippen molar-refractivity contribution in [2.75, 3.05) is 40.9 Å². The Labute approximate surface area is 300 Å². The number of ether oxygens (including phenoxy) is 5. The number of benzene rings is 3. The van der Waals surface area contributed by atoms with Crippen LogP contribution in [0, 0.1) is 11.6 Å². The SMILES string of the molecule is COCOc1ccc(F)c(F)c1C(=O)c1ccc(C(=O)O[C@@H]2CCCN(C(=O)O)C[C@H]2NC(=O)c2cc(C(C)C)c(OCOC)c(C(C)C)c2)cc1. The van der Waals surface area contributed by atoms with Gasteiger partial charge in [0.2, 0.25) is 0 Å². The Bertz CT molecular complexity index is 1730. The molecule has 14 heteroatoms. The molecule has 0 aliphatic carbocycles. The van der Waals surface area contributed by atoms with Crippen LogP contribution in [0.4, 0.5) is 13.6 Å². The lowest BCUT2D eigenvalue weighted by Crippen LogP contribution is -2.51. The van der Waals surface area contributed by atoms with E-state index >= 15 is 0 Å². The minimum absolute atomic E-state index is 0.00759. The molecule has 2 atom stereocenters. The van der Waals surface area contributed by atoms with Crippen LogP contribution in [0.15, 0.2) is 48.5 Å². The van der Waals surface area contributed by atoms with E-state index in [4.69, 9.17) is 23.7 Å². The lowest BCUT2D eigenvalue weighted by atomic mass is 9.91. The first kappa shape index (κ1) is 39.7. The number of esters is 1. The van der Waals surface area contributed by atoms with E-state index in [1.165, 1.54) is 38.5 Å². The summed E-state index contributed by atoms with van der Waals surface area (Å²) in [6.07, 6.45) is -1.49. The molecular weight excluding hydrogens is 682 g/mol. The Hall–Kier alpha value is -5.08. The minimum atomic E-state index is -1.39. The number of nitrogens with zero attached hydrogens (tertiary/aromatic N) is 1. The fourth-order valence-electron chi connectivity index (χ4n) is 5.88. The molecule has 280 valence electrons. The zero-order valence-corrected chi connectivity index (χ0v) is 30.0. The summed E-state index contributed by atoms with van der Waals surface area (Å²) in [5.41, 5.74) is 1.27. The maximum atomic E-state index is 14.7. The number of carbonyl (C=O) groups excluding carboxylic acids is 3. The van der Waals surface area contributed by atoms with E-state index in [-0.39, 0.29) is 61.8 Å². The molecule has 0 spiro atoms. The Balaban J connectivity index is 1.58. The fourth-order valence-corrected chi connectivity index (χ4v) is 5.88. The summed E-state index contributed by atoms with van der Waals surface area (Å²) in [6.45, 7) is 7.65. The molecule has 2 amide bonds. The summed E-state index contributed by atoms with van der Waals surface area (Å²) in [5, 5.41) is 12.7. The number of hydrogen-bond acceptors (Lipinski definition) is 9. The van der Waals surface area contributed by atoms with Crippen molar-refractivity contribution in [3.8, 4) is 11.5 Å². The van der Waals surface area contributed by atoms with Crippen molar-refractivity contribution < 1.29 is 56.7 Å². The first-order chi connectivity index (χ1) is 24.8. The maximum Gasteiger partial charge on any atom is 0.407 e. The Morgan fingerprint density at radius 1 is 0.865 bits per heavy atom. The van der Waals surface area contributed by atoms with E-state index < -0.39 is 53.1 Å². The van der Waals surface area contributed by atoms with Crippen molar-refractivity contribution >= 4 is 23.8 Å². The molecule has 3 aromatic rings. The van der Waals surface area contributed by atoms with E-state index in [0.717, 1.165) is 28.2 Å². The van der Waals surface area contributed by atoms with E-state index in [1.807, 2.05) is 27.7 Å². The molecule has 1 heterocycles. The highest BCUT2D eigenvalue weighted by Gasteiger charge is 2.34. The van der Waals surface area contributed by atoms with Gasteiger partial charge in [-0.2, -0.15) is 0 Å². The summed E-state index contributed by atoms with van der Waals surface area (Å²) >= 11 is 0. The van der Waals surface area contributed by atoms with Crippen LogP contribution in [0.1, 0.15) is 100 Å². The summed E-state index contributed by atoms with van der Waals surface area (Å²) in [4.78, 5) is 53.7. The molecule has 3 aromatic carbocycles. The lowest BCUT2D eigenvalue weighted by molar-refractivity contribution is 0.0178. The van der Waals surface area contributed by atoms with Gasteiger partial charge in [0.1, 0.15) is 23.2 Å². The van der Waals surface area contributed by atoms with Crippen LogP contribution in [0.3, 0.4) is 0 Å². The molecule has 0 unspecified atom stereocenters. The molecule has 0 saturated carbocycles. The highest BCUT2D eigenvalue weighted by Crippen LogP contribution is 2.36. The number of nitrogens with one attached hydrogen (secondary N) is 1. The molecule has 0 bridgehead atoms. The monoisotopic (exact) mass is 726 g/mol. The van der Waals surface area contributed by atoms with Gasteiger partial charge in [-0.1, -0.05) is 39.8 Å². The van der Waals surface area contributed by atoms with E-state index in [2.05, 4.69) is 5.32 Å². The van der Waals surface area contributed by atoms with Gasteiger partial charge < -0.3 is 39.0 Å². The van der Waals surface area contributed by atoms with Crippen LogP contribution >= 0.6 is 0 Å². The molecule has 1 saturated heterocycles. The predicted molar refractivity (Wildman–Crippen MR) is 185 cm³/mol. The van der Waals surface area contributed by atoms with Crippen LogP contribution in [0.2, 0.25) is 0 Å². The molecule has 0 radical (unpaired) electrons. The number of carboxylic acid groups (broad SMARTS) is 1. The predicted octanol–water partition coefficient (Wildman–Crippen LogP) is 6.51. The van der Waals surface area contributed by atoms with Crippen LogP contribution in [-0.2, 0) is 14.2 Å². The largest absolute Gasteiger partial charge is 0.467 e. The number of halogens is 2. The topological polar surface area (TPSA) is 150 Å². The van der Waals surface area contributed by atoms with Crippen LogP contribution in [0.5, 0.6) is 11.5 Å². The number of rotatable bonds is 14. The number of likely N-dealkylation sites (tertiary alicyclic amines) is 1. The van der Waals surface area contributed by atoms with Crippen molar-refractivity contribution in [1.82, 2.24) is 10.2 Å². The number of amides is 2. The number of ketones is 1. The van der Waals surface area contributed by atoms with Crippen molar-refractivity contribution in [2.24, 2.45) is 0 Å². The first-order valence-electron chi connectivity index (χ1n) is 16.8. The minimum Gasteiger partial charge on any atom is -0.467 e. The molecule has 0 aromatic heterocycles. The molecule has 1 aliphatic heterocycles. The third-order valence-corrected chi connectivity index (χ3v) is 8.60. The van der Waals surface area contributed by atoms with Gasteiger partial charge in [-0.3, -0.25) is 9.59 Å². The average molecular weight is 727 g/mol. The normalized spacial score (nSPS) is 16.0. The highest BCUT2D eigenvalue weighted by atomic mass is 19.2. The van der Waals surface area contributed by atoms with Gasteiger partial charge >= 0.3 is 12.1 Å². The quantitative estimate of drug-likeness (QED) is 0.107. The van der Waals surface area contributed by atoms with E-state index in [9.17, 15) is 33.1 Å². The third kappa shape index (κ3) is 9.42. The fraction of sp³-hybridized carbons (Fsp3) is 0.421. The van der Waals surface area contributed by atoms with Gasteiger partial charge in [0.05, 0.1) is 11.6 Å². The van der Waals surface area contributed by atoms with Gasteiger partial charge in [-0.15, -0.1) is 0 Å². The molecule has 2 N–H and O–H groups in total. The first-order valence-corrected chi connectivity index (χ1v) is 16.8. The second kappa shape index (κ2) is 17.9. The highest BCUT2D eigenvalue weighted by molar-refractivity contribution is 6.11. The van der Waals surface area contributed by atoms with E-state index in [0.29, 0.717) is 17.7 Å². The summed E-state index contributed by atoms with van der Waals surface area (Å²) in [5.74, 6) is -4.40. The number of hydrogen-bond donors (Lipinski definition) is 2. The van der Waals surface area contributed by atoms with Crippen molar-refractivity contribution in [3.05, 3.63) is 93.5 Å². The zero-order chi connectivity index (χ0) is 38.1. The Morgan fingerprint density at radius 2 is 1.46 bits per heavy atom. The Kier molecular flexibility index (Phi) is 13.7. The van der Waals surface area contributed by atoms with Crippen LogP contribution in [0.25, 0.3) is 0 Å². The van der Waals surface area contributed by atoms with Crippen LogP contribution in [-0.4, -0.2) is 86.8 Å². The molecule has 52 heavy (non-hydrogen) atoms. The Morgan fingerprint density at radius 3 is 2.04 bits per heavy atom. The van der Waals surface area contributed by atoms with Gasteiger partial charge in [0.15, 0.2) is 31.0 Å². The summed E-state index contributed by atoms with van der Waals surface area (Å²) in [6, 6.07) is 9.62. The van der Waals surface area contributed by atoms with Gasteiger partial charge in [-0.25, -0.2) is 18.4 Å². The molecule has 4 rings (SSSR count). The molecule has 1 aliphatic rings. The van der Waals surface area contributed by atoms with Crippen molar-refractivity contribution in [1.29, 1.82) is 0 Å². The third-order valence-electron chi connectivity index (χ3n) is 8.60. The average Bonchev–Trinajstić information content (AvgIpc) is 3.32. The van der Waals surface area contributed by atoms with Gasteiger partial charge in [0.25, 0.3) is 5.91 Å². The van der Waals surface area contributed by atoms with Crippen LogP contribution < -0.4 is 14.8 Å². The van der Waals surface area contributed by atoms with Crippen molar-refractivity contribution in [2.45, 2.75) is 64.5 Å². The molecule has 12 nitrogen and oxygen atoms in total. The second-order valence-electron chi connectivity index (χ2n) is 12.9. The lowest BCUT2D eigenvalue weighted by Gasteiger charge is -2.28. The summed E-state index contributed by atoms with van der Waals surface area (Å²) in [7, 11) is 2.85. The number of carbonyl (C=O) groups is 4. The maximum absolute atomic E-state index is 14.7. The molecule has 1 fully saturated rings. The smallest absolute Gasteiger partial charge is 0.407 e. The van der Waals surface area contributed by atoms with E-state index in [1.54, 1.807) is 12.1 Å². The standard InChI is InChI=1S/C38H44F2N2O10/c1-21(2)26-16-25(17-27(22(3)4)35(26)51-20-49-6)36(44)41-29-18-42(38(46)47)15-7-8-30(29)52-37(45)24-11-9-23(10-12-24)34(43)32-31(50-19-48-5)14-13-28(39)33(32)40/h9-14,16-17,21-22,29-30H,7-8,15,18-20H2,1-6H3,(H,41,44)(H,46,47)/t29-,30-/m1/s1. The zero-order valence-electron chi connectivity index (χ0n) is 30.0. The van der Waals surface area contributed by atoms with Crippen molar-refractivity contribution in [3.63, 3.8) is 0 Å². The number of methoxy groups -OCH3 is 2. The molecular formula is C38H44F2N2O10. The summed E-state index contributed by atoms with van der Waals surface area (Å²) < 4.78 is 55.8.